The van der Waals surface area contributed by atoms with Crippen molar-refractivity contribution in [1.29, 1.82) is 0 Å². The summed E-state index contributed by atoms with van der Waals surface area (Å²) in [5.74, 6) is 0. The number of H-pyrrole nitrogens is 1. The fraction of sp³-hybridized carbons (Fsp3) is 0.375. The summed E-state index contributed by atoms with van der Waals surface area (Å²) in [4.78, 5) is 13.3. The van der Waals surface area contributed by atoms with E-state index in [0.29, 0.717) is 0 Å². The monoisotopic (exact) mass is 137 g/mol. The molecule has 0 aliphatic heterocycles. The van der Waals surface area contributed by atoms with Gasteiger partial charge in [0.1, 0.15) is 0 Å². The average Bonchev–Trinajstić information content (AvgIpc) is 2.30. The van der Waals surface area contributed by atoms with Gasteiger partial charge in [-0.05, 0) is 25.0 Å². The Bertz CT molecular complexity index is 237. The average molecular weight is 137 g/mol. The standard InChI is InChI=1S/C8H11NO/c1-3-7-4-6(2)9-8(7)5-10/h4-5,9H,3H2,1-2H3. The molecule has 0 unspecified atom stereocenters. The SMILES string of the molecule is CCc1cc(C)[nH]c1C=O. The van der Waals surface area contributed by atoms with E-state index in [1.54, 1.807) is 0 Å². The van der Waals surface area contributed by atoms with Crippen LogP contribution in [0.5, 0.6) is 0 Å². The molecule has 0 aromatic carbocycles. The van der Waals surface area contributed by atoms with E-state index in [0.717, 1.165) is 29.7 Å². The van der Waals surface area contributed by atoms with Gasteiger partial charge in [-0.2, -0.15) is 0 Å². The topological polar surface area (TPSA) is 32.9 Å². The van der Waals surface area contributed by atoms with Crippen LogP contribution in [0.25, 0.3) is 0 Å². The second-order valence-electron chi connectivity index (χ2n) is 2.36. The van der Waals surface area contributed by atoms with Gasteiger partial charge in [0.05, 0.1) is 5.69 Å². The summed E-state index contributed by atoms with van der Waals surface area (Å²) in [6, 6.07) is 2.00. The van der Waals surface area contributed by atoms with E-state index >= 15 is 0 Å². The van der Waals surface area contributed by atoms with Crippen LogP contribution in [0.1, 0.15) is 28.7 Å². The number of aldehydes is 1. The Morgan fingerprint density at radius 3 is 2.80 bits per heavy atom. The smallest absolute Gasteiger partial charge is 0.166 e. The minimum absolute atomic E-state index is 0.722. The molecule has 54 valence electrons. The highest BCUT2D eigenvalue weighted by molar-refractivity contribution is 5.74. The molecular formula is C8H11NO. The van der Waals surface area contributed by atoms with Crippen molar-refractivity contribution in [2.75, 3.05) is 0 Å². The molecule has 2 nitrogen and oxygen atoms in total. The zero-order chi connectivity index (χ0) is 7.56. The number of hydrogen-bond acceptors (Lipinski definition) is 1. The van der Waals surface area contributed by atoms with Crippen LogP contribution in [-0.4, -0.2) is 11.3 Å². The summed E-state index contributed by atoms with van der Waals surface area (Å²) in [5, 5.41) is 0. The number of aromatic amines is 1. The first-order valence-corrected chi connectivity index (χ1v) is 3.41. The number of hydrogen-bond donors (Lipinski definition) is 1. The molecule has 1 N–H and O–H groups in total. The van der Waals surface area contributed by atoms with Crippen LogP contribution in [0.15, 0.2) is 6.07 Å². The normalized spacial score (nSPS) is 9.80. The Hall–Kier alpha value is -1.05. The first kappa shape index (κ1) is 7.06. The van der Waals surface area contributed by atoms with Gasteiger partial charge in [0, 0.05) is 5.69 Å². The van der Waals surface area contributed by atoms with Gasteiger partial charge in [-0.3, -0.25) is 4.79 Å². The van der Waals surface area contributed by atoms with E-state index in [-0.39, 0.29) is 0 Å². The quantitative estimate of drug-likeness (QED) is 0.618. The molecule has 0 atom stereocenters. The van der Waals surface area contributed by atoms with Crippen molar-refractivity contribution in [3.63, 3.8) is 0 Å². The molecule has 0 saturated heterocycles. The van der Waals surface area contributed by atoms with Gasteiger partial charge in [-0.1, -0.05) is 6.92 Å². The van der Waals surface area contributed by atoms with Crippen LogP contribution in [-0.2, 0) is 6.42 Å². The van der Waals surface area contributed by atoms with E-state index in [1.165, 1.54) is 0 Å². The predicted molar refractivity (Wildman–Crippen MR) is 40.3 cm³/mol. The van der Waals surface area contributed by atoms with Gasteiger partial charge in [0.2, 0.25) is 0 Å². The third-order valence-electron chi connectivity index (χ3n) is 1.57. The summed E-state index contributed by atoms with van der Waals surface area (Å²) in [6.45, 7) is 3.99. The molecule has 10 heavy (non-hydrogen) atoms. The van der Waals surface area contributed by atoms with Gasteiger partial charge in [-0.15, -0.1) is 0 Å². The van der Waals surface area contributed by atoms with Crippen molar-refractivity contribution < 1.29 is 4.79 Å². The van der Waals surface area contributed by atoms with Crippen molar-refractivity contribution in [3.8, 4) is 0 Å². The maximum absolute atomic E-state index is 10.4. The highest BCUT2D eigenvalue weighted by Gasteiger charge is 2.00. The number of carbonyl (C=O) groups is 1. The van der Waals surface area contributed by atoms with Crippen molar-refractivity contribution in [2.24, 2.45) is 0 Å². The Balaban J connectivity index is 3.08. The Kier molecular flexibility index (Phi) is 1.90. The van der Waals surface area contributed by atoms with Crippen molar-refractivity contribution in [2.45, 2.75) is 20.3 Å². The highest BCUT2D eigenvalue weighted by atomic mass is 16.1. The first-order chi connectivity index (χ1) is 4.77. The zero-order valence-corrected chi connectivity index (χ0v) is 6.27. The molecule has 0 spiro atoms. The molecule has 2 heteroatoms. The Morgan fingerprint density at radius 2 is 2.40 bits per heavy atom. The lowest BCUT2D eigenvalue weighted by atomic mass is 10.2. The summed E-state index contributed by atoms with van der Waals surface area (Å²) >= 11 is 0. The molecule has 0 saturated carbocycles. The molecule has 0 aliphatic rings. The van der Waals surface area contributed by atoms with Gasteiger partial charge in [0.15, 0.2) is 6.29 Å². The van der Waals surface area contributed by atoms with Gasteiger partial charge < -0.3 is 4.98 Å². The molecule has 0 aliphatic carbocycles. The van der Waals surface area contributed by atoms with Crippen LogP contribution in [0.4, 0.5) is 0 Å². The molecule has 0 fully saturated rings. The van der Waals surface area contributed by atoms with Crippen molar-refractivity contribution in [3.05, 3.63) is 23.0 Å². The molecular weight excluding hydrogens is 126 g/mol. The van der Waals surface area contributed by atoms with E-state index in [4.69, 9.17) is 0 Å². The van der Waals surface area contributed by atoms with Gasteiger partial charge >= 0.3 is 0 Å². The fourth-order valence-corrected chi connectivity index (χ4v) is 1.07. The summed E-state index contributed by atoms with van der Waals surface area (Å²) < 4.78 is 0. The lowest BCUT2D eigenvalue weighted by Gasteiger charge is -1.87. The minimum atomic E-state index is 0.722. The van der Waals surface area contributed by atoms with Crippen LogP contribution in [0.2, 0.25) is 0 Å². The second kappa shape index (κ2) is 2.69. The van der Waals surface area contributed by atoms with Crippen molar-refractivity contribution >= 4 is 6.29 Å². The largest absolute Gasteiger partial charge is 0.356 e. The lowest BCUT2D eigenvalue weighted by Crippen LogP contribution is -1.85. The lowest BCUT2D eigenvalue weighted by molar-refractivity contribution is 0.111. The van der Waals surface area contributed by atoms with E-state index in [9.17, 15) is 4.79 Å². The Morgan fingerprint density at radius 1 is 1.70 bits per heavy atom. The van der Waals surface area contributed by atoms with Crippen LogP contribution in [0.3, 0.4) is 0 Å². The molecule has 0 amide bonds. The third kappa shape index (κ3) is 1.10. The van der Waals surface area contributed by atoms with Gasteiger partial charge in [0.25, 0.3) is 0 Å². The molecule has 1 heterocycles. The van der Waals surface area contributed by atoms with E-state index in [2.05, 4.69) is 4.98 Å². The van der Waals surface area contributed by atoms with Crippen LogP contribution >= 0.6 is 0 Å². The predicted octanol–water partition coefficient (Wildman–Crippen LogP) is 1.70. The van der Waals surface area contributed by atoms with Crippen LogP contribution < -0.4 is 0 Å². The maximum atomic E-state index is 10.4. The van der Waals surface area contributed by atoms with Crippen LogP contribution in [0, 0.1) is 6.92 Å². The molecule has 1 aromatic rings. The Labute approximate surface area is 60.3 Å². The number of rotatable bonds is 2. The summed E-state index contributed by atoms with van der Waals surface area (Å²) in [5.41, 5.74) is 2.88. The maximum Gasteiger partial charge on any atom is 0.166 e. The number of aryl methyl sites for hydroxylation is 2. The number of carbonyl (C=O) groups excluding carboxylic acids is 1. The number of aromatic nitrogens is 1. The molecule has 0 bridgehead atoms. The van der Waals surface area contributed by atoms with E-state index < -0.39 is 0 Å². The first-order valence-electron chi connectivity index (χ1n) is 3.41. The molecule has 0 radical (unpaired) electrons. The summed E-state index contributed by atoms with van der Waals surface area (Å²) in [6.07, 6.45) is 1.78. The fourth-order valence-electron chi connectivity index (χ4n) is 1.07. The third-order valence-corrected chi connectivity index (χ3v) is 1.57. The minimum Gasteiger partial charge on any atom is -0.356 e. The van der Waals surface area contributed by atoms with Crippen molar-refractivity contribution in [1.82, 2.24) is 4.98 Å². The zero-order valence-electron chi connectivity index (χ0n) is 6.27. The van der Waals surface area contributed by atoms with Gasteiger partial charge in [-0.25, -0.2) is 0 Å². The summed E-state index contributed by atoms with van der Waals surface area (Å²) in [7, 11) is 0. The second-order valence-corrected chi connectivity index (χ2v) is 2.36. The molecule has 1 aromatic heterocycles. The molecule has 1 rings (SSSR count). The highest BCUT2D eigenvalue weighted by Crippen LogP contribution is 2.08. The van der Waals surface area contributed by atoms with E-state index in [1.807, 2.05) is 19.9 Å². The number of nitrogens with one attached hydrogen (secondary N) is 1.